The number of nitrogens with zero attached hydrogens (tertiary/aromatic N) is 1. The number of nitrogens with one attached hydrogen (secondary N) is 1. The molecule has 0 atom stereocenters. The summed E-state index contributed by atoms with van der Waals surface area (Å²) in [4.78, 5) is 33.3. The third-order valence-electron chi connectivity index (χ3n) is 2.90. The Bertz CT molecular complexity index is 781. The summed E-state index contributed by atoms with van der Waals surface area (Å²) in [6.45, 7) is -0.875. The molecule has 0 unspecified atom stereocenters. The molecule has 0 aliphatic heterocycles. The number of nitro benzene ring substituents is 1. The fourth-order valence-corrected chi connectivity index (χ4v) is 1.97. The zero-order valence-electron chi connectivity index (χ0n) is 12.8. The predicted molar refractivity (Wildman–Crippen MR) is 89.6 cm³/mol. The van der Waals surface area contributed by atoms with Gasteiger partial charge in [0.25, 0.3) is 11.6 Å². The number of halogens is 1. The summed E-state index contributed by atoms with van der Waals surface area (Å²) in [5.74, 6) is -0.848. The highest BCUT2D eigenvalue weighted by molar-refractivity contribution is 6.34. The first-order valence-corrected chi connectivity index (χ1v) is 7.41. The monoisotopic (exact) mass is 364 g/mol. The summed E-state index contributed by atoms with van der Waals surface area (Å²) in [5, 5.41) is 13.0. The van der Waals surface area contributed by atoms with E-state index in [2.05, 4.69) is 5.32 Å². The van der Waals surface area contributed by atoms with Gasteiger partial charge in [-0.05, 0) is 18.2 Å². The van der Waals surface area contributed by atoms with Crippen LogP contribution in [0.5, 0.6) is 5.75 Å². The van der Waals surface area contributed by atoms with Crippen LogP contribution in [0.1, 0.15) is 0 Å². The molecule has 2 aromatic carbocycles. The maximum Gasteiger partial charge on any atom is 0.344 e. The lowest BCUT2D eigenvalue weighted by atomic mass is 10.3. The van der Waals surface area contributed by atoms with Crippen LogP contribution in [0.25, 0.3) is 0 Å². The van der Waals surface area contributed by atoms with Crippen molar-refractivity contribution in [3.63, 3.8) is 0 Å². The number of nitro groups is 1. The van der Waals surface area contributed by atoms with Crippen LogP contribution in [-0.4, -0.2) is 30.0 Å². The largest absolute Gasteiger partial charge is 0.482 e. The molecule has 0 heterocycles. The highest BCUT2D eigenvalue weighted by atomic mass is 35.5. The van der Waals surface area contributed by atoms with Crippen molar-refractivity contribution in [3.8, 4) is 5.75 Å². The Morgan fingerprint density at radius 1 is 1.12 bits per heavy atom. The number of anilines is 1. The Labute approximate surface area is 147 Å². The molecule has 8 nitrogen and oxygen atoms in total. The van der Waals surface area contributed by atoms with Gasteiger partial charge in [-0.3, -0.25) is 14.9 Å². The first kappa shape index (κ1) is 18.2. The van der Waals surface area contributed by atoms with E-state index in [-0.39, 0.29) is 23.0 Å². The Morgan fingerprint density at radius 3 is 2.48 bits per heavy atom. The molecule has 25 heavy (non-hydrogen) atoms. The Hall–Kier alpha value is -3.13. The van der Waals surface area contributed by atoms with Gasteiger partial charge in [0.1, 0.15) is 5.75 Å². The van der Waals surface area contributed by atoms with Crippen LogP contribution in [0.4, 0.5) is 11.4 Å². The average Bonchev–Trinajstić information content (AvgIpc) is 2.60. The molecule has 130 valence electrons. The quantitative estimate of drug-likeness (QED) is 0.460. The Morgan fingerprint density at radius 2 is 1.84 bits per heavy atom. The fourth-order valence-electron chi connectivity index (χ4n) is 1.75. The summed E-state index contributed by atoms with van der Waals surface area (Å²) in [6.07, 6.45) is 0. The summed E-state index contributed by atoms with van der Waals surface area (Å²) in [7, 11) is 0. The second kappa shape index (κ2) is 8.65. The van der Waals surface area contributed by atoms with Gasteiger partial charge in [0.15, 0.2) is 13.2 Å². The minimum absolute atomic E-state index is 0.00119. The van der Waals surface area contributed by atoms with Crippen LogP contribution in [0, 0.1) is 10.1 Å². The molecular weight excluding hydrogens is 352 g/mol. The third-order valence-corrected chi connectivity index (χ3v) is 3.21. The molecule has 9 heteroatoms. The van der Waals surface area contributed by atoms with Crippen molar-refractivity contribution in [3.05, 3.63) is 63.7 Å². The van der Waals surface area contributed by atoms with Crippen molar-refractivity contribution in [1.29, 1.82) is 0 Å². The molecule has 0 fully saturated rings. The van der Waals surface area contributed by atoms with Gasteiger partial charge < -0.3 is 14.8 Å². The topological polar surface area (TPSA) is 108 Å². The third kappa shape index (κ3) is 5.78. The van der Waals surface area contributed by atoms with Gasteiger partial charge in [-0.25, -0.2) is 4.79 Å². The van der Waals surface area contributed by atoms with Crippen LogP contribution >= 0.6 is 11.6 Å². The summed E-state index contributed by atoms with van der Waals surface area (Å²) in [6, 6.07) is 12.3. The van der Waals surface area contributed by atoms with Crippen molar-refractivity contribution >= 4 is 34.9 Å². The number of amides is 1. The molecule has 0 saturated carbocycles. The molecule has 0 spiro atoms. The van der Waals surface area contributed by atoms with Crippen molar-refractivity contribution in [2.75, 3.05) is 18.5 Å². The maximum absolute atomic E-state index is 11.7. The van der Waals surface area contributed by atoms with E-state index in [0.29, 0.717) is 5.75 Å². The average molecular weight is 365 g/mol. The van der Waals surface area contributed by atoms with Gasteiger partial charge in [0, 0.05) is 12.1 Å². The van der Waals surface area contributed by atoms with Gasteiger partial charge in [0.2, 0.25) is 0 Å². The number of para-hydroxylation sites is 1. The highest BCUT2D eigenvalue weighted by Crippen LogP contribution is 2.26. The van der Waals surface area contributed by atoms with Crippen molar-refractivity contribution in [2.45, 2.75) is 0 Å². The number of ether oxygens (including phenoxy) is 2. The van der Waals surface area contributed by atoms with Crippen molar-refractivity contribution < 1.29 is 24.0 Å². The van der Waals surface area contributed by atoms with E-state index < -0.39 is 23.4 Å². The molecule has 2 rings (SSSR count). The number of non-ortho nitro benzene ring substituents is 1. The molecule has 1 N–H and O–H groups in total. The number of carbonyl (C=O) groups excluding carboxylic acids is 2. The minimum atomic E-state index is -0.714. The van der Waals surface area contributed by atoms with E-state index in [0.717, 1.165) is 6.07 Å². The standard InChI is InChI=1S/C16H13ClN2O6/c17-13-8-11(19(22)23)6-7-14(13)18-15(20)9-25-16(21)10-24-12-4-2-1-3-5-12/h1-8H,9-10H2,(H,18,20). The van der Waals surface area contributed by atoms with Gasteiger partial charge in [-0.15, -0.1) is 0 Å². The van der Waals surface area contributed by atoms with Crippen molar-refractivity contribution in [1.82, 2.24) is 0 Å². The molecule has 2 aromatic rings. The number of rotatable bonds is 7. The number of benzene rings is 2. The second-order valence-corrected chi connectivity index (χ2v) is 5.14. The van der Waals surface area contributed by atoms with Crippen LogP contribution in [0.3, 0.4) is 0 Å². The predicted octanol–water partition coefficient (Wildman–Crippen LogP) is 2.81. The number of esters is 1. The van der Waals surface area contributed by atoms with Crippen LogP contribution in [-0.2, 0) is 14.3 Å². The van der Waals surface area contributed by atoms with Crippen LogP contribution in [0.15, 0.2) is 48.5 Å². The van der Waals surface area contributed by atoms with E-state index in [1.54, 1.807) is 30.3 Å². The summed E-state index contributed by atoms with van der Waals surface area (Å²) < 4.78 is 9.95. The Kier molecular flexibility index (Phi) is 6.30. The van der Waals surface area contributed by atoms with E-state index in [1.807, 2.05) is 0 Å². The second-order valence-electron chi connectivity index (χ2n) is 4.73. The van der Waals surface area contributed by atoms with E-state index in [9.17, 15) is 19.7 Å². The van der Waals surface area contributed by atoms with Gasteiger partial charge >= 0.3 is 5.97 Å². The van der Waals surface area contributed by atoms with Gasteiger partial charge in [-0.1, -0.05) is 29.8 Å². The number of carbonyl (C=O) groups is 2. The molecule has 0 saturated heterocycles. The van der Waals surface area contributed by atoms with Crippen molar-refractivity contribution in [2.24, 2.45) is 0 Å². The zero-order chi connectivity index (χ0) is 18.2. The molecule has 0 aromatic heterocycles. The lowest BCUT2D eigenvalue weighted by Gasteiger charge is -2.08. The van der Waals surface area contributed by atoms with E-state index >= 15 is 0 Å². The number of hydrogen-bond acceptors (Lipinski definition) is 6. The molecule has 1 amide bonds. The van der Waals surface area contributed by atoms with E-state index in [1.165, 1.54) is 12.1 Å². The molecule has 0 radical (unpaired) electrons. The number of hydrogen-bond donors (Lipinski definition) is 1. The zero-order valence-corrected chi connectivity index (χ0v) is 13.6. The normalized spacial score (nSPS) is 9.96. The Balaban J connectivity index is 1.78. The fraction of sp³-hybridized carbons (Fsp3) is 0.125. The minimum Gasteiger partial charge on any atom is -0.482 e. The first-order chi connectivity index (χ1) is 12.0. The lowest BCUT2D eigenvalue weighted by molar-refractivity contribution is -0.384. The first-order valence-electron chi connectivity index (χ1n) is 7.03. The van der Waals surface area contributed by atoms with Gasteiger partial charge in [0.05, 0.1) is 15.6 Å². The maximum atomic E-state index is 11.7. The summed E-state index contributed by atoms with van der Waals surface area (Å²) in [5.41, 5.74) is -0.0265. The molecule has 0 aliphatic carbocycles. The van der Waals surface area contributed by atoms with E-state index in [4.69, 9.17) is 21.1 Å². The molecule has 0 bridgehead atoms. The smallest absolute Gasteiger partial charge is 0.344 e. The molecule has 0 aliphatic rings. The summed E-state index contributed by atoms with van der Waals surface area (Å²) >= 11 is 5.85. The van der Waals surface area contributed by atoms with Crippen LogP contribution < -0.4 is 10.1 Å². The SMILES string of the molecule is O=C(COC(=O)COc1ccccc1)Nc1ccc([N+](=O)[O-])cc1Cl. The highest BCUT2D eigenvalue weighted by Gasteiger charge is 2.13. The molecular formula is C16H13ClN2O6. The van der Waals surface area contributed by atoms with Gasteiger partial charge in [-0.2, -0.15) is 0 Å². The lowest BCUT2D eigenvalue weighted by Crippen LogP contribution is -2.23. The van der Waals surface area contributed by atoms with Crippen LogP contribution in [0.2, 0.25) is 5.02 Å².